The first kappa shape index (κ1) is 14.4. The van der Waals surface area contributed by atoms with Crippen LogP contribution in [-0.4, -0.2) is 19.1 Å². The molecule has 0 aromatic heterocycles. The highest BCUT2D eigenvalue weighted by atomic mass is 79.9. The fraction of sp³-hybridized carbons (Fsp3) is 0.533. The molecule has 0 bridgehead atoms. The Labute approximate surface area is 123 Å². The SMILES string of the molecule is CCC1CCN(c2cc(Br)ccc2C#N)C(CN)C1. The number of anilines is 1. The van der Waals surface area contributed by atoms with Crippen molar-refractivity contribution in [1.29, 1.82) is 5.26 Å². The molecule has 4 heteroatoms. The van der Waals surface area contributed by atoms with Crippen LogP contribution in [0.15, 0.2) is 22.7 Å². The molecular formula is C15H20BrN3. The summed E-state index contributed by atoms with van der Waals surface area (Å²) in [4.78, 5) is 2.31. The summed E-state index contributed by atoms with van der Waals surface area (Å²) in [5, 5.41) is 9.27. The molecule has 2 atom stereocenters. The van der Waals surface area contributed by atoms with Crippen molar-refractivity contribution >= 4 is 21.6 Å². The van der Waals surface area contributed by atoms with E-state index in [9.17, 15) is 5.26 Å². The van der Waals surface area contributed by atoms with Crippen molar-refractivity contribution in [3.8, 4) is 6.07 Å². The fourth-order valence-corrected chi connectivity index (χ4v) is 3.23. The van der Waals surface area contributed by atoms with Gasteiger partial charge in [0.05, 0.1) is 11.3 Å². The van der Waals surface area contributed by atoms with Gasteiger partial charge in [-0.25, -0.2) is 0 Å². The Morgan fingerprint density at radius 2 is 2.32 bits per heavy atom. The van der Waals surface area contributed by atoms with E-state index in [4.69, 9.17) is 5.73 Å². The normalized spacial score (nSPS) is 23.2. The third-order valence-electron chi connectivity index (χ3n) is 4.06. The molecule has 2 N–H and O–H groups in total. The van der Waals surface area contributed by atoms with Gasteiger partial charge in [0.25, 0.3) is 0 Å². The first-order chi connectivity index (χ1) is 9.19. The highest BCUT2D eigenvalue weighted by molar-refractivity contribution is 9.10. The second kappa shape index (κ2) is 6.40. The van der Waals surface area contributed by atoms with Crippen LogP contribution in [0.5, 0.6) is 0 Å². The van der Waals surface area contributed by atoms with Gasteiger partial charge in [-0.1, -0.05) is 29.3 Å². The van der Waals surface area contributed by atoms with Gasteiger partial charge in [-0.3, -0.25) is 0 Å². The van der Waals surface area contributed by atoms with Crippen LogP contribution in [0.1, 0.15) is 31.7 Å². The molecule has 3 nitrogen and oxygen atoms in total. The summed E-state index contributed by atoms with van der Waals surface area (Å²) in [7, 11) is 0. The molecular weight excluding hydrogens is 302 g/mol. The van der Waals surface area contributed by atoms with Gasteiger partial charge in [-0.15, -0.1) is 0 Å². The molecule has 1 aliphatic rings. The molecule has 0 spiro atoms. The topological polar surface area (TPSA) is 53.0 Å². The quantitative estimate of drug-likeness (QED) is 0.929. The van der Waals surface area contributed by atoms with Crippen LogP contribution in [0.2, 0.25) is 0 Å². The van der Waals surface area contributed by atoms with Crippen molar-refractivity contribution < 1.29 is 0 Å². The van der Waals surface area contributed by atoms with Crippen molar-refractivity contribution in [1.82, 2.24) is 0 Å². The van der Waals surface area contributed by atoms with Gasteiger partial charge in [0.1, 0.15) is 6.07 Å². The van der Waals surface area contributed by atoms with Gasteiger partial charge >= 0.3 is 0 Å². The highest BCUT2D eigenvalue weighted by Crippen LogP contribution is 2.32. The molecule has 1 heterocycles. The molecule has 0 radical (unpaired) electrons. The van der Waals surface area contributed by atoms with E-state index in [1.165, 1.54) is 12.8 Å². The monoisotopic (exact) mass is 321 g/mol. The number of nitriles is 1. The maximum absolute atomic E-state index is 9.27. The lowest BCUT2D eigenvalue weighted by atomic mass is 9.88. The molecule has 1 aromatic carbocycles. The third kappa shape index (κ3) is 3.10. The Kier molecular flexibility index (Phi) is 4.84. The average molecular weight is 322 g/mol. The van der Waals surface area contributed by atoms with Crippen molar-refractivity contribution in [3.63, 3.8) is 0 Å². The first-order valence-corrected chi connectivity index (χ1v) is 7.65. The molecule has 1 saturated heterocycles. The highest BCUT2D eigenvalue weighted by Gasteiger charge is 2.28. The number of rotatable bonds is 3. The fourth-order valence-electron chi connectivity index (χ4n) is 2.88. The molecule has 0 aliphatic carbocycles. The van der Waals surface area contributed by atoms with E-state index in [1.807, 2.05) is 18.2 Å². The van der Waals surface area contributed by atoms with E-state index in [-0.39, 0.29) is 0 Å². The number of halogens is 1. The van der Waals surface area contributed by atoms with Crippen molar-refractivity contribution in [3.05, 3.63) is 28.2 Å². The Morgan fingerprint density at radius 3 is 2.95 bits per heavy atom. The van der Waals surface area contributed by atoms with Crippen LogP contribution in [-0.2, 0) is 0 Å². The van der Waals surface area contributed by atoms with E-state index in [0.29, 0.717) is 12.6 Å². The molecule has 102 valence electrons. The maximum atomic E-state index is 9.27. The summed E-state index contributed by atoms with van der Waals surface area (Å²) in [6.07, 6.45) is 3.53. The van der Waals surface area contributed by atoms with Crippen LogP contribution >= 0.6 is 15.9 Å². The number of piperidine rings is 1. The van der Waals surface area contributed by atoms with Crippen LogP contribution in [0.4, 0.5) is 5.69 Å². The lowest BCUT2D eigenvalue weighted by Gasteiger charge is -2.40. The van der Waals surface area contributed by atoms with Crippen LogP contribution < -0.4 is 10.6 Å². The zero-order chi connectivity index (χ0) is 13.8. The predicted molar refractivity (Wildman–Crippen MR) is 82.1 cm³/mol. The molecule has 0 amide bonds. The van der Waals surface area contributed by atoms with E-state index in [1.54, 1.807) is 0 Å². The molecule has 1 aromatic rings. The third-order valence-corrected chi connectivity index (χ3v) is 4.56. The number of nitrogens with zero attached hydrogens (tertiary/aromatic N) is 2. The van der Waals surface area contributed by atoms with Gasteiger partial charge in [0, 0.05) is 23.6 Å². The van der Waals surface area contributed by atoms with E-state index in [2.05, 4.69) is 33.8 Å². The van der Waals surface area contributed by atoms with Crippen LogP contribution in [0, 0.1) is 17.2 Å². The van der Waals surface area contributed by atoms with E-state index >= 15 is 0 Å². The summed E-state index contributed by atoms with van der Waals surface area (Å²) in [6.45, 7) is 3.88. The Hall–Kier alpha value is -1.05. The minimum Gasteiger partial charge on any atom is -0.366 e. The average Bonchev–Trinajstić information content (AvgIpc) is 2.46. The number of hydrogen-bond donors (Lipinski definition) is 1. The van der Waals surface area contributed by atoms with Crippen molar-refractivity contribution in [2.75, 3.05) is 18.0 Å². The zero-order valence-electron chi connectivity index (χ0n) is 11.3. The summed E-state index contributed by atoms with van der Waals surface area (Å²) in [6, 6.07) is 8.46. The first-order valence-electron chi connectivity index (χ1n) is 6.86. The van der Waals surface area contributed by atoms with Crippen LogP contribution in [0.25, 0.3) is 0 Å². The van der Waals surface area contributed by atoms with E-state index in [0.717, 1.165) is 34.6 Å². The van der Waals surface area contributed by atoms with Gasteiger partial charge in [0.2, 0.25) is 0 Å². The zero-order valence-corrected chi connectivity index (χ0v) is 12.9. The summed E-state index contributed by atoms with van der Waals surface area (Å²) in [5.41, 5.74) is 7.69. The smallest absolute Gasteiger partial charge is 0.101 e. The second-order valence-corrected chi connectivity index (χ2v) is 6.07. The number of hydrogen-bond acceptors (Lipinski definition) is 3. The van der Waals surface area contributed by atoms with Crippen molar-refractivity contribution in [2.24, 2.45) is 11.7 Å². The van der Waals surface area contributed by atoms with Gasteiger partial charge in [0.15, 0.2) is 0 Å². The summed E-state index contributed by atoms with van der Waals surface area (Å²) in [5.74, 6) is 0.766. The number of nitrogens with two attached hydrogens (primary N) is 1. The maximum Gasteiger partial charge on any atom is 0.101 e. The van der Waals surface area contributed by atoms with Crippen molar-refractivity contribution in [2.45, 2.75) is 32.2 Å². The lowest BCUT2D eigenvalue weighted by Crippen LogP contribution is -2.47. The predicted octanol–water partition coefficient (Wildman–Crippen LogP) is 3.27. The standard InChI is InChI=1S/C15H20BrN3/c1-2-11-5-6-19(14(7-11)10-18)15-8-13(16)4-3-12(15)9-17/h3-4,8,11,14H,2,5-7,10,18H2,1H3. The molecule has 2 unspecified atom stereocenters. The second-order valence-electron chi connectivity index (χ2n) is 5.15. The van der Waals surface area contributed by atoms with Crippen LogP contribution in [0.3, 0.4) is 0 Å². The lowest BCUT2D eigenvalue weighted by molar-refractivity contribution is 0.336. The summed E-state index contributed by atoms with van der Waals surface area (Å²) < 4.78 is 1.01. The van der Waals surface area contributed by atoms with Gasteiger partial charge in [-0.2, -0.15) is 5.26 Å². The molecule has 19 heavy (non-hydrogen) atoms. The largest absolute Gasteiger partial charge is 0.366 e. The van der Waals surface area contributed by atoms with Gasteiger partial charge < -0.3 is 10.6 Å². The van der Waals surface area contributed by atoms with Gasteiger partial charge in [-0.05, 0) is 37.0 Å². The summed E-state index contributed by atoms with van der Waals surface area (Å²) >= 11 is 3.49. The minimum atomic E-state index is 0.347. The minimum absolute atomic E-state index is 0.347. The Morgan fingerprint density at radius 1 is 1.53 bits per heavy atom. The van der Waals surface area contributed by atoms with E-state index < -0.39 is 0 Å². The molecule has 0 saturated carbocycles. The molecule has 2 rings (SSSR count). The molecule has 1 fully saturated rings. The Bertz CT molecular complexity index is 481. The Balaban J connectivity index is 2.30. The number of benzene rings is 1. The molecule has 1 aliphatic heterocycles.